The zero-order valence-electron chi connectivity index (χ0n) is 16.7. The number of nitrogens with one attached hydrogen (secondary N) is 3. The fraction of sp³-hybridized carbons (Fsp3) is 0.421. The van der Waals surface area contributed by atoms with Crippen molar-refractivity contribution in [2.75, 3.05) is 23.7 Å². The number of phenolic OH excluding ortho intramolecular Hbond substituents is 1. The second-order valence-electron chi connectivity index (χ2n) is 7.24. The summed E-state index contributed by atoms with van der Waals surface area (Å²) in [5.41, 5.74) is 1.53. The highest BCUT2D eigenvalue weighted by atomic mass is 32.1. The van der Waals surface area contributed by atoms with Crippen LogP contribution < -0.4 is 16.0 Å². The Morgan fingerprint density at radius 1 is 1.21 bits per heavy atom. The molecule has 0 aliphatic heterocycles. The largest absolute Gasteiger partial charge is 0.508 e. The molecular formula is C19H26N4O4S. The SMILES string of the molecule is Cc1ccc(O)c(C)c1NC(=O)c1cnc(NCCNC(=O)OC(C)(C)C)s1. The highest BCUT2D eigenvalue weighted by Gasteiger charge is 2.16. The number of aromatic nitrogens is 1. The van der Waals surface area contributed by atoms with Gasteiger partial charge in [-0.25, -0.2) is 9.78 Å². The van der Waals surface area contributed by atoms with Crippen LogP contribution in [0.1, 0.15) is 41.6 Å². The van der Waals surface area contributed by atoms with Crippen molar-refractivity contribution in [1.82, 2.24) is 10.3 Å². The summed E-state index contributed by atoms with van der Waals surface area (Å²) in [6.45, 7) is 9.80. The molecule has 1 aromatic heterocycles. The zero-order chi connectivity index (χ0) is 20.9. The highest BCUT2D eigenvalue weighted by Crippen LogP contribution is 2.29. The number of ether oxygens (including phenoxy) is 1. The molecule has 0 atom stereocenters. The first-order chi connectivity index (χ1) is 13.1. The Morgan fingerprint density at radius 2 is 1.93 bits per heavy atom. The molecule has 1 heterocycles. The standard InChI is InChI=1S/C19H26N4O4S/c1-11-6-7-13(24)12(2)15(11)23-16(25)14-10-22-17(28-14)20-8-9-21-18(26)27-19(3,4)5/h6-7,10,24H,8-9H2,1-5H3,(H,20,22)(H,21,26)(H,23,25). The van der Waals surface area contributed by atoms with Crippen LogP contribution in [0.4, 0.5) is 15.6 Å². The second-order valence-corrected chi connectivity index (χ2v) is 8.27. The van der Waals surface area contributed by atoms with Gasteiger partial charge in [0.1, 0.15) is 16.2 Å². The van der Waals surface area contributed by atoms with E-state index in [-0.39, 0.29) is 11.7 Å². The van der Waals surface area contributed by atoms with Gasteiger partial charge in [-0.3, -0.25) is 4.79 Å². The van der Waals surface area contributed by atoms with Crippen LogP contribution in [-0.4, -0.2) is 40.8 Å². The summed E-state index contributed by atoms with van der Waals surface area (Å²) in [7, 11) is 0. The van der Waals surface area contributed by atoms with Gasteiger partial charge in [0.2, 0.25) is 0 Å². The maximum absolute atomic E-state index is 12.5. The van der Waals surface area contributed by atoms with E-state index in [1.807, 2.05) is 6.92 Å². The molecule has 0 bridgehead atoms. The number of nitrogens with zero attached hydrogens (tertiary/aromatic N) is 1. The van der Waals surface area contributed by atoms with Crippen LogP contribution in [0, 0.1) is 13.8 Å². The third-order valence-electron chi connectivity index (χ3n) is 3.68. The minimum absolute atomic E-state index is 0.130. The monoisotopic (exact) mass is 406 g/mol. The Hall–Kier alpha value is -2.81. The molecule has 0 saturated carbocycles. The van der Waals surface area contributed by atoms with E-state index in [0.717, 1.165) is 5.56 Å². The van der Waals surface area contributed by atoms with Gasteiger partial charge in [-0.05, 0) is 46.2 Å². The first kappa shape index (κ1) is 21.5. The molecule has 0 aliphatic carbocycles. The van der Waals surface area contributed by atoms with E-state index in [9.17, 15) is 14.7 Å². The number of carbonyl (C=O) groups is 2. The van der Waals surface area contributed by atoms with Crippen molar-refractivity contribution in [2.45, 2.75) is 40.2 Å². The summed E-state index contributed by atoms with van der Waals surface area (Å²) in [5, 5.41) is 18.9. The van der Waals surface area contributed by atoms with Crippen molar-refractivity contribution in [2.24, 2.45) is 0 Å². The number of carbonyl (C=O) groups excluding carboxylic acids is 2. The lowest BCUT2D eigenvalue weighted by atomic mass is 10.1. The van der Waals surface area contributed by atoms with Crippen LogP contribution in [0.2, 0.25) is 0 Å². The minimum atomic E-state index is -0.540. The molecule has 0 aliphatic rings. The number of benzene rings is 1. The van der Waals surface area contributed by atoms with Gasteiger partial charge in [0.25, 0.3) is 5.91 Å². The predicted molar refractivity (Wildman–Crippen MR) is 110 cm³/mol. The minimum Gasteiger partial charge on any atom is -0.508 e. The van der Waals surface area contributed by atoms with Crippen LogP contribution in [0.25, 0.3) is 0 Å². The number of hydrogen-bond acceptors (Lipinski definition) is 7. The van der Waals surface area contributed by atoms with E-state index in [1.165, 1.54) is 17.5 Å². The van der Waals surface area contributed by atoms with E-state index < -0.39 is 11.7 Å². The fourth-order valence-corrected chi connectivity index (χ4v) is 3.05. The lowest BCUT2D eigenvalue weighted by Gasteiger charge is -2.19. The maximum atomic E-state index is 12.5. The van der Waals surface area contributed by atoms with Crippen LogP contribution in [-0.2, 0) is 4.74 Å². The van der Waals surface area contributed by atoms with E-state index >= 15 is 0 Å². The number of alkyl carbamates (subject to hydrolysis) is 1. The van der Waals surface area contributed by atoms with Crippen molar-refractivity contribution in [3.63, 3.8) is 0 Å². The van der Waals surface area contributed by atoms with Gasteiger partial charge >= 0.3 is 6.09 Å². The molecular weight excluding hydrogens is 380 g/mol. The van der Waals surface area contributed by atoms with E-state index in [4.69, 9.17) is 4.74 Å². The number of rotatable bonds is 6. The number of amides is 2. The molecule has 0 spiro atoms. The number of hydrogen-bond donors (Lipinski definition) is 4. The maximum Gasteiger partial charge on any atom is 0.407 e. The summed E-state index contributed by atoms with van der Waals surface area (Å²) >= 11 is 1.20. The van der Waals surface area contributed by atoms with Gasteiger partial charge in [0.15, 0.2) is 5.13 Å². The normalized spacial score (nSPS) is 11.0. The lowest BCUT2D eigenvalue weighted by Crippen LogP contribution is -2.34. The fourth-order valence-electron chi connectivity index (χ4n) is 2.31. The molecule has 28 heavy (non-hydrogen) atoms. The van der Waals surface area contributed by atoms with Gasteiger partial charge in [0, 0.05) is 18.7 Å². The van der Waals surface area contributed by atoms with Crippen molar-refractivity contribution in [3.8, 4) is 5.75 Å². The van der Waals surface area contributed by atoms with Crippen LogP contribution >= 0.6 is 11.3 Å². The molecule has 152 valence electrons. The average molecular weight is 407 g/mol. The third-order valence-corrected chi connectivity index (χ3v) is 4.64. The number of thiazole rings is 1. The molecule has 0 radical (unpaired) electrons. The van der Waals surface area contributed by atoms with Crippen LogP contribution in [0.5, 0.6) is 5.75 Å². The first-order valence-electron chi connectivity index (χ1n) is 8.84. The van der Waals surface area contributed by atoms with E-state index in [2.05, 4.69) is 20.9 Å². The Bertz CT molecular complexity index is 858. The summed E-state index contributed by atoms with van der Waals surface area (Å²) in [6.07, 6.45) is 1.00. The Kier molecular flexibility index (Phi) is 6.85. The molecule has 2 rings (SSSR count). The Labute approximate surface area is 168 Å². The highest BCUT2D eigenvalue weighted by molar-refractivity contribution is 7.17. The molecule has 9 heteroatoms. The predicted octanol–water partition coefficient (Wildman–Crippen LogP) is 3.65. The molecule has 0 unspecified atom stereocenters. The van der Waals surface area contributed by atoms with E-state index in [1.54, 1.807) is 39.8 Å². The van der Waals surface area contributed by atoms with Gasteiger partial charge in [-0.15, -0.1) is 0 Å². The molecule has 0 fully saturated rings. The quantitative estimate of drug-likeness (QED) is 0.545. The van der Waals surface area contributed by atoms with Gasteiger partial charge in [-0.1, -0.05) is 17.4 Å². The number of phenols is 1. The molecule has 0 saturated heterocycles. The van der Waals surface area contributed by atoms with Crippen LogP contribution in [0.15, 0.2) is 18.3 Å². The summed E-state index contributed by atoms with van der Waals surface area (Å²) < 4.78 is 5.15. The van der Waals surface area contributed by atoms with Crippen molar-refractivity contribution < 1.29 is 19.4 Å². The number of aryl methyl sites for hydroxylation is 1. The van der Waals surface area contributed by atoms with Crippen molar-refractivity contribution >= 4 is 34.2 Å². The van der Waals surface area contributed by atoms with Gasteiger partial charge < -0.3 is 25.8 Å². The van der Waals surface area contributed by atoms with Gasteiger partial charge in [-0.2, -0.15) is 0 Å². The van der Waals surface area contributed by atoms with Gasteiger partial charge in [0.05, 0.1) is 11.9 Å². The van der Waals surface area contributed by atoms with Crippen LogP contribution in [0.3, 0.4) is 0 Å². The van der Waals surface area contributed by atoms with E-state index in [0.29, 0.717) is 34.3 Å². The summed E-state index contributed by atoms with van der Waals surface area (Å²) in [6, 6.07) is 3.34. The number of anilines is 2. The second kappa shape index (κ2) is 8.92. The topological polar surface area (TPSA) is 113 Å². The summed E-state index contributed by atoms with van der Waals surface area (Å²) in [4.78, 5) is 28.6. The average Bonchev–Trinajstić information content (AvgIpc) is 3.06. The molecule has 2 amide bonds. The zero-order valence-corrected chi connectivity index (χ0v) is 17.5. The number of aromatic hydroxyl groups is 1. The third kappa shape index (κ3) is 6.12. The first-order valence-corrected chi connectivity index (χ1v) is 9.65. The molecule has 2 aromatic rings. The smallest absolute Gasteiger partial charge is 0.407 e. The Balaban J connectivity index is 1.86. The van der Waals surface area contributed by atoms with Crippen molar-refractivity contribution in [1.29, 1.82) is 0 Å². The molecule has 4 N–H and O–H groups in total. The molecule has 8 nitrogen and oxygen atoms in total. The summed E-state index contributed by atoms with van der Waals surface area (Å²) in [5.74, 6) is -0.167. The lowest BCUT2D eigenvalue weighted by molar-refractivity contribution is 0.0530. The van der Waals surface area contributed by atoms with Crippen molar-refractivity contribution in [3.05, 3.63) is 34.3 Å². The Morgan fingerprint density at radius 3 is 2.61 bits per heavy atom. The molecule has 1 aromatic carbocycles.